The Morgan fingerprint density at radius 3 is 2.52 bits per heavy atom. The van der Waals surface area contributed by atoms with Crippen LogP contribution in [0.1, 0.15) is 23.7 Å². The third-order valence-corrected chi connectivity index (χ3v) is 3.90. The number of nitrogens with one attached hydrogen (secondary N) is 1. The molecule has 25 heavy (non-hydrogen) atoms. The maximum absolute atomic E-state index is 12.7. The smallest absolute Gasteiger partial charge is 0.328 e. The van der Waals surface area contributed by atoms with Crippen LogP contribution in [-0.4, -0.2) is 43.1 Å². The van der Waals surface area contributed by atoms with Gasteiger partial charge < -0.3 is 14.8 Å². The van der Waals surface area contributed by atoms with Crippen molar-refractivity contribution in [3.8, 4) is 0 Å². The molecule has 0 fully saturated rings. The number of ether oxygens (including phenoxy) is 2. The van der Waals surface area contributed by atoms with Crippen molar-refractivity contribution >= 4 is 28.7 Å². The molecule has 132 valence electrons. The highest BCUT2D eigenvalue weighted by atomic mass is 16.5. The molecule has 1 aromatic carbocycles. The number of amides is 1. The molecule has 0 spiro atoms. The summed E-state index contributed by atoms with van der Waals surface area (Å²) in [5.41, 5.74) is 0.879. The summed E-state index contributed by atoms with van der Waals surface area (Å²) in [5.74, 6) is -2.05. The van der Waals surface area contributed by atoms with Gasteiger partial charge in [-0.1, -0.05) is 25.1 Å². The molecule has 0 saturated heterocycles. The molecule has 2 rings (SSSR count). The Kier molecular flexibility index (Phi) is 6.05. The lowest BCUT2D eigenvalue weighted by Crippen LogP contribution is -2.46. The fraction of sp³-hybridized carbons (Fsp3) is 0.333. The number of para-hydroxylation sites is 1. The van der Waals surface area contributed by atoms with Crippen LogP contribution in [0.25, 0.3) is 10.9 Å². The molecule has 0 unspecified atom stereocenters. The van der Waals surface area contributed by atoms with Gasteiger partial charge in [-0.25, -0.2) is 4.79 Å². The number of hydrogen-bond acceptors (Lipinski definition) is 6. The van der Waals surface area contributed by atoms with E-state index >= 15 is 0 Å². The Balaban J connectivity index is 2.26. The first-order chi connectivity index (χ1) is 12.0. The minimum atomic E-state index is -0.976. The van der Waals surface area contributed by atoms with Crippen LogP contribution in [0.2, 0.25) is 0 Å². The number of nitrogens with zero attached hydrogens (tertiary/aromatic N) is 1. The lowest BCUT2D eigenvalue weighted by atomic mass is 9.97. The van der Waals surface area contributed by atoms with Gasteiger partial charge in [0.25, 0.3) is 5.91 Å². The first-order valence-corrected chi connectivity index (χ1v) is 7.77. The minimum Gasteiger partial charge on any atom is -0.469 e. The summed E-state index contributed by atoms with van der Waals surface area (Å²) in [6.07, 6.45) is 1.57. The van der Waals surface area contributed by atoms with E-state index in [1.165, 1.54) is 14.2 Å². The summed E-state index contributed by atoms with van der Waals surface area (Å²) in [4.78, 5) is 40.4. The van der Waals surface area contributed by atoms with Crippen LogP contribution in [0, 0.1) is 5.92 Å². The van der Waals surface area contributed by atoms with Gasteiger partial charge in [0.15, 0.2) is 0 Å². The van der Waals surface area contributed by atoms with Crippen LogP contribution in [0.4, 0.5) is 0 Å². The highest BCUT2D eigenvalue weighted by Gasteiger charge is 2.30. The van der Waals surface area contributed by atoms with Gasteiger partial charge in [0.05, 0.1) is 31.7 Å². The van der Waals surface area contributed by atoms with Gasteiger partial charge in [-0.15, -0.1) is 0 Å². The summed E-state index contributed by atoms with van der Waals surface area (Å²) in [6.45, 7) is 1.67. The van der Waals surface area contributed by atoms with Crippen molar-refractivity contribution in [2.24, 2.45) is 5.92 Å². The molecule has 1 heterocycles. The quantitative estimate of drug-likeness (QED) is 0.802. The van der Waals surface area contributed by atoms with E-state index in [0.717, 1.165) is 5.39 Å². The molecule has 2 atom stereocenters. The fourth-order valence-corrected chi connectivity index (χ4v) is 2.53. The summed E-state index contributed by atoms with van der Waals surface area (Å²) >= 11 is 0. The predicted molar refractivity (Wildman–Crippen MR) is 90.8 cm³/mol. The first-order valence-electron chi connectivity index (χ1n) is 7.77. The molecule has 7 heteroatoms. The van der Waals surface area contributed by atoms with E-state index in [1.807, 2.05) is 12.1 Å². The van der Waals surface area contributed by atoms with Crippen molar-refractivity contribution in [1.82, 2.24) is 10.3 Å². The molecule has 0 aliphatic rings. The van der Waals surface area contributed by atoms with E-state index in [0.29, 0.717) is 11.1 Å². The van der Waals surface area contributed by atoms with E-state index in [2.05, 4.69) is 15.0 Å². The molecule has 1 amide bonds. The number of esters is 2. The van der Waals surface area contributed by atoms with Crippen molar-refractivity contribution in [2.45, 2.75) is 19.4 Å². The SMILES string of the molecule is COC(=O)C[C@@H](C)[C@@H](NC(=O)c1cccc2cccnc12)C(=O)OC. The maximum Gasteiger partial charge on any atom is 0.328 e. The van der Waals surface area contributed by atoms with E-state index in [-0.39, 0.29) is 6.42 Å². The van der Waals surface area contributed by atoms with Crippen molar-refractivity contribution in [1.29, 1.82) is 0 Å². The van der Waals surface area contributed by atoms with Crippen LogP contribution in [-0.2, 0) is 19.1 Å². The average Bonchev–Trinajstić information content (AvgIpc) is 2.64. The predicted octanol–water partition coefficient (Wildman–Crippen LogP) is 1.71. The van der Waals surface area contributed by atoms with Crippen LogP contribution >= 0.6 is 0 Å². The number of fused-ring (bicyclic) bond motifs is 1. The highest BCUT2D eigenvalue weighted by molar-refractivity contribution is 6.06. The van der Waals surface area contributed by atoms with Crippen molar-refractivity contribution < 1.29 is 23.9 Å². The number of benzene rings is 1. The summed E-state index contributed by atoms with van der Waals surface area (Å²) in [7, 11) is 2.49. The number of carbonyl (C=O) groups is 3. The standard InChI is InChI=1S/C18H20N2O5/c1-11(10-14(21)24-2)15(18(23)25-3)20-17(22)13-8-4-6-12-7-5-9-19-16(12)13/h4-9,11,15H,10H2,1-3H3,(H,20,22)/t11-,15-/m1/s1. The molecular formula is C18H20N2O5. The number of rotatable bonds is 6. The average molecular weight is 344 g/mol. The third-order valence-electron chi connectivity index (χ3n) is 3.90. The zero-order valence-corrected chi connectivity index (χ0v) is 14.3. The van der Waals surface area contributed by atoms with Gasteiger partial charge >= 0.3 is 11.9 Å². The molecular weight excluding hydrogens is 324 g/mol. The zero-order valence-electron chi connectivity index (χ0n) is 14.3. The summed E-state index contributed by atoms with van der Waals surface area (Å²) in [6, 6.07) is 7.86. The minimum absolute atomic E-state index is 0.0235. The summed E-state index contributed by atoms with van der Waals surface area (Å²) in [5, 5.41) is 3.46. The Morgan fingerprint density at radius 2 is 1.84 bits per heavy atom. The second kappa shape index (κ2) is 8.23. The molecule has 0 saturated carbocycles. The summed E-state index contributed by atoms with van der Waals surface area (Å²) < 4.78 is 9.37. The van der Waals surface area contributed by atoms with Crippen molar-refractivity contribution in [2.75, 3.05) is 14.2 Å². The molecule has 2 aromatic rings. The van der Waals surface area contributed by atoms with Crippen molar-refractivity contribution in [3.63, 3.8) is 0 Å². The molecule has 0 aliphatic heterocycles. The highest BCUT2D eigenvalue weighted by Crippen LogP contribution is 2.17. The number of carbonyl (C=O) groups excluding carboxylic acids is 3. The van der Waals surface area contributed by atoms with E-state index in [4.69, 9.17) is 4.74 Å². The van der Waals surface area contributed by atoms with Crippen molar-refractivity contribution in [3.05, 3.63) is 42.1 Å². The van der Waals surface area contributed by atoms with Crippen LogP contribution in [0.5, 0.6) is 0 Å². The molecule has 0 aliphatic carbocycles. The zero-order chi connectivity index (χ0) is 18.4. The lowest BCUT2D eigenvalue weighted by molar-refractivity contribution is -0.146. The number of methoxy groups -OCH3 is 2. The fourth-order valence-electron chi connectivity index (χ4n) is 2.53. The first kappa shape index (κ1) is 18.4. The normalized spacial score (nSPS) is 12.9. The lowest BCUT2D eigenvalue weighted by Gasteiger charge is -2.22. The Hall–Kier alpha value is -2.96. The number of pyridine rings is 1. The molecule has 0 radical (unpaired) electrons. The van der Waals surface area contributed by atoms with Gasteiger partial charge in [-0.05, 0) is 18.1 Å². The monoisotopic (exact) mass is 344 g/mol. The molecule has 7 nitrogen and oxygen atoms in total. The second-order valence-corrected chi connectivity index (χ2v) is 5.61. The van der Waals surface area contributed by atoms with Crippen LogP contribution in [0.3, 0.4) is 0 Å². The Morgan fingerprint density at radius 1 is 1.12 bits per heavy atom. The Bertz CT molecular complexity index is 785. The third kappa shape index (κ3) is 4.32. The van der Waals surface area contributed by atoms with E-state index < -0.39 is 29.8 Å². The second-order valence-electron chi connectivity index (χ2n) is 5.61. The Labute approximate surface area is 145 Å². The number of aromatic nitrogens is 1. The van der Waals surface area contributed by atoms with Gasteiger partial charge in [-0.3, -0.25) is 14.6 Å². The molecule has 0 bridgehead atoms. The van der Waals surface area contributed by atoms with E-state index in [9.17, 15) is 14.4 Å². The maximum atomic E-state index is 12.7. The van der Waals surface area contributed by atoms with Gasteiger partial charge in [-0.2, -0.15) is 0 Å². The van der Waals surface area contributed by atoms with Gasteiger partial charge in [0.2, 0.25) is 0 Å². The van der Waals surface area contributed by atoms with Gasteiger partial charge in [0.1, 0.15) is 6.04 Å². The van der Waals surface area contributed by atoms with Crippen LogP contribution < -0.4 is 5.32 Å². The number of hydrogen-bond donors (Lipinski definition) is 1. The van der Waals surface area contributed by atoms with Crippen LogP contribution in [0.15, 0.2) is 36.5 Å². The topological polar surface area (TPSA) is 94.6 Å². The molecule has 1 aromatic heterocycles. The molecule has 1 N–H and O–H groups in total. The largest absolute Gasteiger partial charge is 0.469 e. The van der Waals surface area contributed by atoms with Gasteiger partial charge in [0, 0.05) is 11.6 Å². The van der Waals surface area contributed by atoms with E-state index in [1.54, 1.807) is 31.3 Å².